The van der Waals surface area contributed by atoms with E-state index in [1.807, 2.05) is 24.3 Å². The van der Waals surface area contributed by atoms with E-state index < -0.39 is 42.1 Å². The van der Waals surface area contributed by atoms with Crippen molar-refractivity contribution in [2.24, 2.45) is 0 Å². The Morgan fingerprint density at radius 1 is 1.06 bits per heavy atom. The number of H-pyrrole nitrogens is 1. The van der Waals surface area contributed by atoms with Gasteiger partial charge in [0.15, 0.2) is 0 Å². The lowest BCUT2D eigenvalue weighted by molar-refractivity contribution is -0.141. The van der Waals surface area contributed by atoms with Gasteiger partial charge >= 0.3 is 12.1 Å². The Hall–Kier alpha value is -3.86. The van der Waals surface area contributed by atoms with Crippen LogP contribution in [-0.2, 0) is 22.3 Å². The van der Waals surface area contributed by atoms with Crippen molar-refractivity contribution < 1.29 is 32.7 Å². The average Bonchev–Trinajstić information content (AvgIpc) is 3.19. The quantitative estimate of drug-likeness (QED) is 0.334. The van der Waals surface area contributed by atoms with Crippen molar-refractivity contribution in [3.8, 4) is 0 Å². The fourth-order valence-electron chi connectivity index (χ4n) is 3.17. The third-order valence-electron chi connectivity index (χ3n) is 4.83. The molecule has 0 aliphatic carbocycles. The number of hydrogen-bond donors (Lipinski definition) is 5. The number of carbonyl (C=O) groups is 3. The maximum atomic E-state index is 12.8. The SMILES string of the molecule is O=C(CNC(=O)c1cccc(C(F)(F)F)c1)N[C@@H](CNCc1c[nH]c2ccccc12)C(=O)O. The number of rotatable bonds is 9. The van der Waals surface area contributed by atoms with Gasteiger partial charge in [-0.05, 0) is 29.8 Å². The number of carboxylic acid groups (broad SMARTS) is 1. The van der Waals surface area contributed by atoms with Crippen LogP contribution in [0, 0.1) is 0 Å². The number of aliphatic carboxylic acids is 1. The molecule has 8 nitrogen and oxygen atoms in total. The number of carbonyl (C=O) groups excluding carboxylic acids is 2. The van der Waals surface area contributed by atoms with E-state index >= 15 is 0 Å². The van der Waals surface area contributed by atoms with Crippen molar-refractivity contribution in [2.75, 3.05) is 13.1 Å². The summed E-state index contributed by atoms with van der Waals surface area (Å²) >= 11 is 0. The number of fused-ring (bicyclic) bond motifs is 1. The first kappa shape index (κ1) is 23.8. The lowest BCUT2D eigenvalue weighted by atomic mass is 10.1. The summed E-state index contributed by atoms with van der Waals surface area (Å²) in [5, 5.41) is 17.8. The molecule has 1 aromatic heterocycles. The fraction of sp³-hybridized carbons (Fsp3) is 0.227. The maximum Gasteiger partial charge on any atom is 0.416 e. The van der Waals surface area contributed by atoms with Crippen LogP contribution in [0.25, 0.3) is 10.9 Å². The number of benzene rings is 2. The minimum atomic E-state index is -4.61. The highest BCUT2D eigenvalue weighted by Gasteiger charge is 2.31. The molecule has 0 saturated heterocycles. The van der Waals surface area contributed by atoms with Crippen LogP contribution in [-0.4, -0.2) is 47.0 Å². The van der Waals surface area contributed by atoms with Crippen LogP contribution in [0.15, 0.2) is 54.7 Å². The molecule has 5 N–H and O–H groups in total. The zero-order valence-electron chi connectivity index (χ0n) is 17.2. The number of nitrogens with one attached hydrogen (secondary N) is 4. The third-order valence-corrected chi connectivity index (χ3v) is 4.83. The summed E-state index contributed by atoms with van der Waals surface area (Å²) in [5.74, 6) is -2.96. The van der Waals surface area contributed by atoms with Gasteiger partial charge in [-0.15, -0.1) is 0 Å². The second-order valence-corrected chi connectivity index (χ2v) is 7.21. The molecule has 0 radical (unpaired) electrons. The second kappa shape index (κ2) is 10.2. The number of halogens is 3. The summed E-state index contributed by atoms with van der Waals surface area (Å²) in [5.41, 5.74) is 0.600. The number of hydrogen-bond acceptors (Lipinski definition) is 4. The number of aromatic amines is 1. The molecule has 3 rings (SSSR count). The Labute approximate surface area is 186 Å². The molecule has 0 unspecified atom stereocenters. The van der Waals surface area contributed by atoms with Crippen molar-refractivity contribution >= 4 is 28.7 Å². The Morgan fingerprint density at radius 3 is 2.55 bits per heavy atom. The first-order valence-corrected chi connectivity index (χ1v) is 9.88. The summed E-state index contributed by atoms with van der Waals surface area (Å²) in [6, 6.07) is 10.1. The van der Waals surface area contributed by atoms with E-state index in [0.29, 0.717) is 12.6 Å². The summed E-state index contributed by atoms with van der Waals surface area (Å²) in [7, 11) is 0. The van der Waals surface area contributed by atoms with E-state index in [9.17, 15) is 32.7 Å². The Bertz CT molecular complexity index is 1160. The van der Waals surface area contributed by atoms with Gasteiger partial charge in [-0.1, -0.05) is 24.3 Å². The van der Waals surface area contributed by atoms with E-state index in [1.54, 1.807) is 6.20 Å². The van der Waals surface area contributed by atoms with Gasteiger partial charge in [0.05, 0.1) is 12.1 Å². The lowest BCUT2D eigenvalue weighted by Gasteiger charge is -2.16. The van der Waals surface area contributed by atoms with Crippen LogP contribution in [0.2, 0.25) is 0 Å². The summed E-state index contributed by atoms with van der Waals surface area (Å²) in [6.45, 7) is -0.320. The predicted octanol–water partition coefficient (Wildman–Crippen LogP) is 2.28. The molecule has 0 aliphatic heterocycles. The molecular formula is C22H21F3N4O4. The molecule has 11 heteroatoms. The van der Waals surface area contributed by atoms with Gasteiger partial charge in [0.1, 0.15) is 6.04 Å². The van der Waals surface area contributed by atoms with Crippen LogP contribution in [0.1, 0.15) is 21.5 Å². The molecule has 2 amide bonds. The molecule has 1 atom stereocenters. The minimum absolute atomic E-state index is 0.0812. The molecule has 0 fully saturated rings. The van der Waals surface area contributed by atoms with E-state index in [0.717, 1.165) is 28.6 Å². The van der Waals surface area contributed by atoms with Crippen LogP contribution in [0.4, 0.5) is 13.2 Å². The van der Waals surface area contributed by atoms with Crippen LogP contribution >= 0.6 is 0 Å². The molecule has 3 aromatic rings. The highest BCUT2D eigenvalue weighted by molar-refractivity contribution is 5.97. The van der Waals surface area contributed by atoms with Crippen molar-refractivity contribution in [2.45, 2.75) is 18.8 Å². The normalized spacial score (nSPS) is 12.3. The zero-order chi connectivity index (χ0) is 24.0. The highest BCUT2D eigenvalue weighted by atomic mass is 19.4. The molecule has 0 spiro atoms. The highest BCUT2D eigenvalue weighted by Crippen LogP contribution is 2.29. The van der Waals surface area contributed by atoms with Gasteiger partial charge in [-0.3, -0.25) is 9.59 Å². The number of aromatic nitrogens is 1. The first-order valence-electron chi connectivity index (χ1n) is 9.88. The Morgan fingerprint density at radius 2 is 1.82 bits per heavy atom. The average molecular weight is 462 g/mol. The molecule has 1 heterocycles. The molecular weight excluding hydrogens is 441 g/mol. The number of para-hydroxylation sites is 1. The van der Waals surface area contributed by atoms with Crippen LogP contribution in [0.5, 0.6) is 0 Å². The van der Waals surface area contributed by atoms with Gasteiger partial charge in [0.2, 0.25) is 5.91 Å². The van der Waals surface area contributed by atoms with Crippen molar-refractivity contribution in [1.82, 2.24) is 20.9 Å². The first-order chi connectivity index (χ1) is 15.6. The Kier molecular flexibility index (Phi) is 7.34. The molecule has 33 heavy (non-hydrogen) atoms. The van der Waals surface area contributed by atoms with E-state index in [1.165, 1.54) is 6.07 Å². The molecule has 0 bridgehead atoms. The number of alkyl halides is 3. The third kappa shape index (κ3) is 6.32. The van der Waals surface area contributed by atoms with Gasteiger partial charge in [0, 0.05) is 35.8 Å². The molecule has 0 saturated carbocycles. The smallest absolute Gasteiger partial charge is 0.416 e. The number of amides is 2. The second-order valence-electron chi connectivity index (χ2n) is 7.21. The van der Waals surface area contributed by atoms with E-state index in [4.69, 9.17) is 0 Å². The maximum absolute atomic E-state index is 12.8. The lowest BCUT2D eigenvalue weighted by Crippen LogP contribution is -2.50. The van der Waals surface area contributed by atoms with Gasteiger partial charge in [-0.25, -0.2) is 4.79 Å². The van der Waals surface area contributed by atoms with Gasteiger partial charge in [-0.2, -0.15) is 13.2 Å². The largest absolute Gasteiger partial charge is 0.480 e. The van der Waals surface area contributed by atoms with Crippen LogP contribution in [0.3, 0.4) is 0 Å². The van der Waals surface area contributed by atoms with Gasteiger partial charge < -0.3 is 26.0 Å². The zero-order valence-corrected chi connectivity index (χ0v) is 17.2. The van der Waals surface area contributed by atoms with Crippen LogP contribution < -0.4 is 16.0 Å². The summed E-state index contributed by atoms with van der Waals surface area (Å²) in [4.78, 5) is 38.7. The topological polar surface area (TPSA) is 123 Å². The van der Waals surface area contributed by atoms with E-state index in [2.05, 4.69) is 20.9 Å². The Balaban J connectivity index is 1.50. The van der Waals surface area contributed by atoms with Gasteiger partial charge in [0.25, 0.3) is 5.91 Å². The molecule has 174 valence electrons. The predicted molar refractivity (Wildman–Crippen MR) is 113 cm³/mol. The van der Waals surface area contributed by atoms with E-state index in [-0.39, 0.29) is 12.1 Å². The van der Waals surface area contributed by atoms with Crippen molar-refractivity contribution in [3.63, 3.8) is 0 Å². The van der Waals surface area contributed by atoms with Crippen molar-refractivity contribution in [1.29, 1.82) is 0 Å². The monoisotopic (exact) mass is 462 g/mol. The standard InChI is InChI=1S/C22H21F3N4O4/c23-22(24,25)15-5-3-4-13(8-15)20(31)28-12-19(30)29-18(21(32)33)11-26-9-14-10-27-17-7-2-1-6-16(14)17/h1-8,10,18,26-27H,9,11-12H2,(H,28,31)(H,29,30)(H,32,33)/t18-/m0/s1. The fourth-order valence-corrected chi connectivity index (χ4v) is 3.17. The van der Waals surface area contributed by atoms with Crippen molar-refractivity contribution in [3.05, 3.63) is 71.4 Å². The minimum Gasteiger partial charge on any atom is -0.480 e. The summed E-state index contributed by atoms with van der Waals surface area (Å²) < 4.78 is 38.3. The molecule has 0 aliphatic rings. The molecule has 2 aromatic carbocycles. The summed E-state index contributed by atoms with van der Waals surface area (Å²) in [6.07, 6.45) is -2.81. The number of carboxylic acids is 1.